The lowest BCUT2D eigenvalue weighted by molar-refractivity contribution is -0.119. The minimum atomic E-state index is -3.06. The van der Waals surface area contributed by atoms with Crippen LogP contribution >= 0.6 is 11.3 Å². The van der Waals surface area contributed by atoms with Crippen molar-refractivity contribution in [3.8, 4) is 5.75 Å². The fourth-order valence-corrected chi connectivity index (χ4v) is 4.93. The highest BCUT2D eigenvalue weighted by atomic mass is 32.2. The largest absolute Gasteiger partial charge is 0.497 e. The molecule has 21 heavy (non-hydrogen) atoms. The number of amides is 1. The number of anilines is 1. The van der Waals surface area contributed by atoms with Crippen LogP contribution in [-0.4, -0.2) is 37.9 Å². The first-order chi connectivity index (χ1) is 9.97. The number of rotatable bonds is 3. The van der Waals surface area contributed by atoms with Gasteiger partial charge in [-0.3, -0.25) is 4.79 Å². The number of carbonyl (C=O) groups excluding carboxylic acids is 1. The van der Waals surface area contributed by atoms with Gasteiger partial charge in [-0.05, 0) is 24.6 Å². The Kier molecular flexibility index (Phi) is 3.58. The maximum Gasteiger partial charge on any atom is 0.230 e. The summed E-state index contributed by atoms with van der Waals surface area (Å²) in [6.45, 7) is 0. The molecule has 0 aliphatic carbocycles. The Balaban J connectivity index is 1.77. The lowest BCUT2D eigenvalue weighted by atomic mass is 10.1. The van der Waals surface area contributed by atoms with Crippen LogP contribution in [0.4, 0.5) is 5.13 Å². The van der Waals surface area contributed by atoms with E-state index in [0.29, 0.717) is 11.6 Å². The molecule has 8 heteroatoms. The Morgan fingerprint density at radius 1 is 1.48 bits per heavy atom. The zero-order chi connectivity index (χ0) is 15.0. The van der Waals surface area contributed by atoms with Crippen LogP contribution in [0.5, 0.6) is 5.75 Å². The van der Waals surface area contributed by atoms with Gasteiger partial charge >= 0.3 is 0 Å². The van der Waals surface area contributed by atoms with Gasteiger partial charge in [0, 0.05) is 0 Å². The van der Waals surface area contributed by atoms with E-state index in [9.17, 15) is 13.2 Å². The van der Waals surface area contributed by atoms with Gasteiger partial charge in [-0.15, -0.1) is 0 Å². The van der Waals surface area contributed by atoms with E-state index in [4.69, 9.17) is 4.74 Å². The number of ether oxygens (including phenoxy) is 1. The molecule has 1 amide bonds. The number of thiazole rings is 1. The highest BCUT2D eigenvalue weighted by Crippen LogP contribution is 2.30. The van der Waals surface area contributed by atoms with Crippen LogP contribution in [0.1, 0.15) is 6.42 Å². The van der Waals surface area contributed by atoms with Crippen LogP contribution < -0.4 is 10.1 Å². The van der Waals surface area contributed by atoms with Gasteiger partial charge < -0.3 is 10.1 Å². The summed E-state index contributed by atoms with van der Waals surface area (Å²) in [5, 5.41) is 3.19. The van der Waals surface area contributed by atoms with Crippen molar-refractivity contribution in [2.75, 3.05) is 23.9 Å². The third-order valence-electron chi connectivity index (χ3n) is 3.43. The highest BCUT2D eigenvalue weighted by Gasteiger charge is 2.33. The summed E-state index contributed by atoms with van der Waals surface area (Å²) < 4.78 is 28.9. The van der Waals surface area contributed by atoms with E-state index in [2.05, 4.69) is 10.3 Å². The number of carbonyl (C=O) groups is 1. The second-order valence-corrected chi connectivity index (χ2v) is 8.20. The first-order valence-corrected chi connectivity index (χ1v) is 9.06. The highest BCUT2D eigenvalue weighted by molar-refractivity contribution is 7.91. The fraction of sp³-hybridized carbons (Fsp3) is 0.385. The Bertz CT molecular complexity index is 798. The minimum Gasteiger partial charge on any atom is -0.497 e. The zero-order valence-corrected chi connectivity index (χ0v) is 13.0. The van der Waals surface area contributed by atoms with Crippen molar-refractivity contribution in [3.05, 3.63) is 18.2 Å². The van der Waals surface area contributed by atoms with Crippen molar-refractivity contribution < 1.29 is 17.9 Å². The number of fused-ring (bicyclic) bond motifs is 1. The number of nitrogens with zero attached hydrogens (tertiary/aromatic N) is 1. The van der Waals surface area contributed by atoms with Gasteiger partial charge in [-0.2, -0.15) is 0 Å². The summed E-state index contributed by atoms with van der Waals surface area (Å²) >= 11 is 1.34. The van der Waals surface area contributed by atoms with E-state index in [-0.39, 0.29) is 17.4 Å². The molecule has 1 fully saturated rings. The smallest absolute Gasteiger partial charge is 0.230 e. The second kappa shape index (κ2) is 5.27. The van der Waals surface area contributed by atoms with Crippen molar-refractivity contribution in [1.82, 2.24) is 4.98 Å². The Morgan fingerprint density at radius 2 is 2.29 bits per heavy atom. The molecule has 1 aromatic carbocycles. The zero-order valence-electron chi connectivity index (χ0n) is 11.3. The summed E-state index contributed by atoms with van der Waals surface area (Å²) in [6, 6.07) is 5.47. The molecule has 1 N–H and O–H groups in total. The van der Waals surface area contributed by atoms with Gasteiger partial charge in [0.2, 0.25) is 5.91 Å². The quantitative estimate of drug-likeness (QED) is 0.927. The molecule has 1 saturated heterocycles. The van der Waals surface area contributed by atoms with Crippen LogP contribution in [0, 0.1) is 5.92 Å². The SMILES string of the molecule is COc1ccc2nc(NC(=O)[C@@H]3CCS(=O)(=O)C3)sc2c1. The van der Waals surface area contributed by atoms with Crippen molar-refractivity contribution in [1.29, 1.82) is 0 Å². The summed E-state index contributed by atoms with van der Waals surface area (Å²) in [6.07, 6.45) is 0.382. The number of nitrogens with one attached hydrogen (secondary N) is 1. The number of benzene rings is 1. The molecule has 112 valence electrons. The molecule has 0 spiro atoms. The Hall–Kier alpha value is -1.67. The van der Waals surface area contributed by atoms with Crippen molar-refractivity contribution in [2.24, 2.45) is 5.92 Å². The molecule has 1 aliphatic rings. The number of methoxy groups -OCH3 is 1. The Morgan fingerprint density at radius 3 is 2.95 bits per heavy atom. The lowest BCUT2D eigenvalue weighted by Crippen LogP contribution is -2.23. The van der Waals surface area contributed by atoms with Gasteiger partial charge in [-0.25, -0.2) is 13.4 Å². The van der Waals surface area contributed by atoms with E-state index in [0.717, 1.165) is 16.0 Å². The number of sulfone groups is 1. The predicted molar refractivity (Wildman–Crippen MR) is 81.6 cm³/mol. The van der Waals surface area contributed by atoms with Crippen molar-refractivity contribution >= 4 is 42.4 Å². The molecule has 2 heterocycles. The summed E-state index contributed by atoms with van der Waals surface area (Å²) in [5.41, 5.74) is 0.773. The number of hydrogen-bond acceptors (Lipinski definition) is 6. The van der Waals surface area contributed by atoms with Crippen LogP contribution in [0.15, 0.2) is 18.2 Å². The van der Waals surface area contributed by atoms with Crippen LogP contribution in [0.3, 0.4) is 0 Å². The average Bonchev–Trinajstić information content (AvgIpc) is 3.00. The molecule has 2 aromatic rings. The third kappa shape index (κ3) is 3.01. The second-order valence-electron chi connectivity index (χ2n) is 4.94. The van der Waals surface area contributed by atoms with Crippen LogP contribution in [0.25, 0.3) is 10.2 Å². The molecular weight excluding hydrogens is 312 g/mol. The molecule has 0 saturated carbocycles. The van der Waals surface area contributed by atoms with Gasteiger partial charge in [0.1, 0.15) is 5.75 Å². The van der Waals surface area contributed by atoms with Crippen LogP contribution in [0.2, 0.25) is 0 Å². The van der Waals surface area contributed by atoms with Crippen LogP contribution in [-0.2, 0) is 14.6 Å². The van der Waals surface area contributed by atoms with Gasteiger partial charge in [-0.1, -0.05) is 11.3 Å². The molecule has 0 unspecified atom stereocenters. The molecule has 0 bridgehead atoms. The lowest BCUT2D eigenvalue weighted by Gasteiger charge is -2.05. The van der Waals surface area contributed by atoms with Gasteiger partial charge in [0.05, 0.1) is 34.8 Å². The monoisotopic (exact) mass is 326 g/mol. The summed E-state index contributed by atoms with van der Waals surface area (Å²) in [5.74, 6) is -0.00999. The average molecular weight is 326 g/mol. The van der Waals surface area contributed by atoms with Crippen molar-refractivity contribution in [3.63, 3.8) is 0 Å². The Labute approximate surface area is 126 Å². The third-order valence-corrected chi connectivity index (χ3v) is 6.13. The first-order valence-electron chi connectivity index (χ1n) is 6.43. The molecule has 1 aromatic heterocycles. The maximum atomic E-state index is 12.1. The summed E-state index contributed by atoms with van der Waals surface area (Å²) in [4.78, 5) is 16.4. The maximum absolute atomic E-state index is 12.1. The fourth-order valence-electron chi connectivity index (χ4n) is 2.29. The topological polar surface area (TPSA) is 85.4 Å². The molecule has 3 rings (SSSR count). The van der Waals surface area contributed by atoms with E-state index >= 15 is 0 Å². The van der Waals surface area contributed by atoms with E-state index < -0.39 is 15.8 Å². The first kappa shape index (κ1) is 14.3. The van der Waals surface area contributed by atoms with Crippen molar-refractivity contribution in [2.45, 2.75) is 6.42 Å². The summed E-state index contributed by atoms with van der Waals surface area (Å²) in [7, 11) is -1.47. The van der Waals surface area contributed by atoms with Gasteiger partial charge in [0.15, 0.2) is 15.0 Å². The number of hydrogen-bond donors (Lipinski definition) is 1. The minimum absolute atomic E-state index is 0.0719. The van der Waals surface area contributed by atoms with Gasteiger partial charge in [0.25, 0.3) is 0 Å². The standard InChI is InChI=1S/C13H14N2O4S2/c1-19-9-2-3-10-11(6-9)20-13(14-10)15-12(16)8-4-5-21(17,18)7-8/h2-3,6,8H,4-5,7H2,1H3,(H,14,15,16)/t8-/m1/s1. The van der Waals surface area contributed by atoms with E-state index in [1.54, 1.807) is 13.2 Å². The molecule has 1 atom stereocenters. The molecular formula is C13H14N2O4S2. The normalized spacial score (nSPS) is 20.5. The predicted octanol–water partition coefficient (Wildman–Crippen LogP) is 1.68. The van der Waals surface area contributed by atoms with E-state index in [1.165, 1.54) is 11.3 Å². The van der Waals surface area contributed by atoms with E-state index in [1.807, 2.05) is 12.1 Å². The molecule has 6 nitrogen and oxygen atoms in total. The molecule has 0 radical (unpaired) electrons. The molecule has 1 aliphatic heterocycles. The number of aromatic nitrogens is 1.